The van der Waals surface area contributed by atoms with Crippen molar-refractivity contribution in [2.24, 2.45) is 5.41 Å². The van der Waals surface area contributed by atoms with Gasteiger partial charge >= 0.3 is 0 Å². The monoisotopic (exact) mass is 866 g/mol. The Morgan fingerprint density at radius 3 is 2.57 bits per heavy atom. The lowest BCUT2D eigenvalue weighted by Gasteiger charge is -2.63. The van der Waals surface area contributed by atoms with E-state index in [4.69, 9.17) is 9.47 Å². The van der Waals surface area contributed by atoms with Gasteiger partial charge in [-0.05, 0) is 102 Å². The van der Waals surface area contributed by atoms with Crippen molar-refractivity contribution in [3.05, 3.63) is 142 Å². The summed E-state index contributed by atoms with van der Waals surface area (Å²) < 4.78 is 14.7. The van der Waals surface area contributed by atoms with Gasteiger partial charge in [0.15, 0.2) is 0 Å². The smallest absolute Gasteiger partial charge is 0.293 e. The van der Waals surface area contributed by atoms with Crippen molar-refractivity contribution in [3.8, 4) is 17.2 Å². The molecule has 63 heavy (non-hydrogen) atoms. The number of nitro benzene ring substituents is 1. The number of hydrogen-bond donors (Lipinski definition) is 3. The van der Waals surface area contributed by atoms with Crippen LogP contribution in [-0.2, 0) is 6.42 Å². The molecule has 13 nitrogen and oxygen atoms in total. The van der Waals surface area contributed by atoms with Crippen molar-refractivity contribution >= 4 is 46.0 Å². The van der Waals surface area contributed by atoms with Gasteiger partial charge in [0.2, 0.25) is 0 Å². The Morgan fingerprint density at radius 1 is 1.00 bits per heavy atom. The second-order valence-corrected chi connectivity index (χ2v) is 18.3. The van der Waals surface area contributed by atoms with E-state index in [1.807, 2.05) is 30.5 Å². The number of methoxy groups -OCH3 is 1. The summed E-state index contributed by atoms with van der Waals surface area (Å²) in [5.41, 5.74) is 6.90. The summed E-state index contributed by atoms with van der Waals surface area (Å²) in [6, 6.07) is 32.7. The van der Waals surface area contributed by atoms with Gasteiger partial charge in [-0.2, -0.15) is 0 Å². The van der Waals surface area contributed by atoms with Crippen LogP contribution in [0, 0.1) is 15.5 Å². The highest BCUT2D eigenvalue weighted by Gasteiger charge is 2.55. The fraction of sp³-hybridized carbons (Fsp3) is 0.347. The molecule has 3 fully saturated rings. The number of piperazine rings is 1. The molecular formula is C49H54N8O5S. The van der Waals surface area contributed by atoms with Crippen LogP contribution in [-0.4, -0.2) is 90.1 Å². The maximum Gasteiger partial charge on any atom is 0.293 e. The summed E-state index contributed by atoms with van der Waals surface area (Å²) in [6.45, 7) is 10.7. The minimum Gasteiger partial charge on any atom is -0.497 e. The van der Waals surface area contributed by atoms with Crippen molar-refractivity contribution in [3.63, 3.8) is 0 Å². The summed E-state index contributed by atoms with van der Waals surface area (Å²) in [4.78, 5) is 41.0. The molecule has 0 radical (unpaired) electrons. The predicted molar refractivity (Wildman–Crippen MR) is 249 cm³/mol. The molecule has 1 unspecified atom stereocenters. The number of aromatic amines is 1. The quantitative estimate of drug-likeness (QED) is 0.0517. The number of nitrogens with zero attached hydrogens (tertiary/aromatic N) is 5. The lowest BCUT2D eigenvalue weighted by atomic mass is 9.59. The summed E-state index contributed by atoms with van der Waals surface area (Å²) in [5, 5.41) is 15.4. The molecule has 1 saturated carbocycles. The Balaban J connectivity index is 0.889. The molecule has 1 atom stereocenters. The Bertz CT molecular complexity index is 2600. The number of hydrogen-bond acceptors (Lipinski definition) is 11. The van der Waals surface area contributed by atoms with Crippen LogP contribution in [0.15, 0.2) is 114 Å². The largest absolute Gasteiger partial charge is 0.497 e. The fourth-order valence-corrected chi connectivity index (χ4v) is 10.4. The van der Waals surface area contributed by atoms with Crippen LogP contribution in [0.5, 0.6) is 17.2 Å². The molecule has 14 heteroatoms. The fourth-order valence-electron chi connectivity index (χ4n) is 9.75. The molecule has 4 heterocycles. The zero-order chi connectivity index (χ0) is 43.7. The third-order valence-electron chi connectivity index (χ3n) is 13.1. The van der Waals surface area contributed by atoms with Crippen LogP contribution in [0.3, 0.4) is 0 Å². The Morgan fingerprint density at radius 2 is 1.81 bits per heavy atom. The number of carbonyl (C=O) groups is 1. The first-order valence-electron chi connectivity index (χ1n) is 21.7. The van der Waals surface area contributed by atoms with Gasteiger partial charge in [-0.3, -0.25) is 29.4 Å². The SMILES string of the molecule is CNc1ccc(SNC(=O)c2ccc(N3CC4(CC(N5CCN(CCc6ccc(OC)cc6)CC5c5ccccc5C(C)C)C4)C3)cc2Oc2cnc3[nH]ccc3c2)cc1[N+](=O)[O-]. The number of rotatable bonds is 15. The zero-order valence-electron chi connectivity index (χ0n) is 36.2. The van der Waals surface area contributed by atoms with Crippen molar-refractivity contribution in [2.45, 2.75) is 56.0 Å². The van der Waals surface area contributed by atoms with Gasteiger partial charge < -0.3 is 24.7 Å². The highest BCUT2D eigenvalue weighted by atomic mass is 32.2. The maximum atomic E-state index is 13.8. The molecular weight excluding hydrogens is 813 g/mol. The molecule has 2 aliphatic heterocycles. The molecule has 2 aromatic heterocycles. The van der Waals surface area contributed by atoms with Crippen LogP contribution in [0.25, 0.3) is 11.0 Å². The van der Waals surface area contributed by atoms with E-state index in [-0.39, 0.29) is 17.0 Å². The number of ether oxygens (including phenoxy) is 2. The number of pyridine rings is 1. The summed E-state index contributed by atoms with van der Waals surface area (Å²) in [6.07, 6.45) is 6.80. The van der Waals surface area contributed by atoms with Gasteiger partial charge in [-0.1, -0.05) is 50.2 Å². The molecule has 3 N–H and O–H groups in total. The second kappa shape index (κ2) is 17.9. The van der Waals surface area contributed by atoms with Gasteiger partial charge in [0.05, 0.1) is 23.8 Å². The van der Waals surface area contributed by atoms with E-state index in [2.05, 4.69) is 97.1 Å². The van der Waals surface area contributed by atoms with Crippen LogP contribution < -0.4 is 24.4 Å². The molecule has 1 aliphatic carbocycles. The number of carbonyl (C=O) groups excluding carboxylic acids is 1. The first-order valence-corrected chi connectivity index (χ1v) is 22.5. The van der Waals surface area contributed by atoms with Gasteiger partial charge in [-0.15, -0.1) is 0 Å². The first kappa shape index (κ1) is 42.2. The first-order chi connectivity index (χ1) is 30.6. The molecule has 1 spiro atoms. The molecule has 2 saturated heterocycles. The van der Waals surface area contributed by atoms with E-state index < -0.39 is 4.92 Å². The van der Waals surface area contributed by atoms with Crippen molar-refractivity contribution in [2.75, 3.05) is 63.6 Å². The summed E-state index contributed by atoms with van der Waals surface area (Å²) in [5.74, 6) is 1.87. The lowest BCUT2D eigenvalue weighted by molar-refractivity contribution is -0.384. The van der Waals surface area contributed by atoms with E-state index in [1.165, 1.54) is 22.8 Å². The third-order valence-corrected chi connectivity index (χ3v) is 13.9. The third kappa shape index (κ3) is 8.93. The average Bonchev–Trinajstić information content (AvgIpc) is 3.75. The number of nitro groups is 1. The number of aromatic nitrogens is 2. The van der Waals surface area contributed by atoms with Crippen LogP contribution in [0.1, 0.15) is 65.7 Å². The zero-order valence-corrected chi connectivity index (χ0v) is 37.0. The van der Waals surface area contributed by atoms with E-state index in [0.717, 1.165) is 92.9 Å². The number of H-pyrrole nitrogens is 1. The van der Waals surface area contributed by atoms with Crippen LogP contribution in [0.4, 0.5) is 17.1 Å². The molecule has 0 bridgehead atoms. The summed E-state index contributed by atoms with van der Waals surface area (Å²) >= 11 is 1.02. The van der Waals surface area contributed by atoms with E-state index in [0.29, 0.717) is 45.6 Å². The molecule has 1 amide bonds. The van der Waals surface area contributed by atoms with Crippen molar-refractivity contribution in [1.82, 2.24) is 24.5 Å². The number of anilines is 2. The Hall–Kier alpha value is -6.09. The molecule has 326 valence electrons. The normalized spacial score (nSPS) is 17.7. The average molecular weight is 867 g/mol. The minimum absolute atomic E-state index is 0.0709. The minimum atomic E-state index is -0.446. The molecule has 9 rings (SSSR count). The van der Waals surface area contributed by atoms with Crippen LogP contribution in [0.2, 0.25) is 0 Å². The highest BCUT2D eigenvalue weighted by molar-refractivity contribution is 7.98. The van der Waals surface area contributed by atoms with Gasteiger partial charge in [-0.25, -0.2) is 4.98 Å². The van der Waals surface area contributed by atoms with E-state index in [1.54, 1.807) is 38.6 Å². The number of fused-ring (bicyclic) bond motifs is 1. The highest BCUT2D eigenvalue weighted by Crippen LogP contribution is 2.53. The second-order valence-electron chi connectivity index (χ2n) is 17.4. The van der Waals surface area contributed by atoms with Gasteiger partial charge in [0, 0.05) is 98.1 Å². The van der Waals surface area contributed by atoms with Crippen LogP contribution >= 0.6 is 11.9 Å². The number of nitrogens with one attached hydrogen (secondary N) is 3. The standard InChI is InChI=1S/C49H54N8O5S/c1-32(2)40-7-5-6-8-41(40)45-29-54(20-18-33-9-12-37(61-4)13-10-33)21-22-56(45)36-26-49(27-36)30-55(31-49)35-11-15-42(46(24-35)62-38-23-34-17-19-51-47(34)52-28-38)48(58)53-63-39-14-16-43(50-3)44(25-39)57(59)60/h5-17,19,23-25,28,32,36,45,50H,18,20-22,26-27,29-31H2,1-4H3,(H,51,52)(H,53,58). The predicted octanol–water partition coefficient (Wildman–Crippen LogP) is 9.44. The van der Waals surface area contributed by atoms with E-state index >= 15 is 0 Å². The van der Waals surface area contributed by atoms with Gasteiger partial charge in [0.25, 0.3) is 11.6 Å². The Labute approximate surface area is 372 Å². The topological polar surface area (TPSA) is 141 Å². The molecule has 3 aliphatic rings. The number of amides is 1. The summed E-state index contributed by atoms with van der Waals surface area (Å²) in [7, 11) is 3.34. The molecule has 6 aromatic rings. The number of benzene rings is 4. The van der Waals surface area contributed by atoms with Gasteiger partial charge in [0.1, 0.15) is 28.6 Å². The van der Waals surface area contributed by atoms with E-state index in [9.17, 15) is 14.9 Å². The lowest BCUT2D eigenvalue weighted by Crippen LogP contribution is -2.68. The molecule has 4 aromatic carbocycles. The van der Waals surface area contributed by atoms with Crippen molar-refractivity contribution < 1.29 is 19.2 Å². The Kier molecular flexibility index (Phi) is 12.0. The van der Waals surface area contributed by atoms with Crippen molar-refractivity contribution in [1.29, 1.82) is 0 Å². The maximum absolute atomic E-state index is 13.8.